The molecular weight excluding hydrogens is 262 g/mol. The topological polar surface area (TPSA) is 44.5 Å². The number of ether oxygens (including phenoxy) is 2. The SMILES string of the molecule is COc1ccc2ccc3c(c2c1)C(CCN)CCC3OC. The van der Waals surface area contributed by atoms with E-state index in [1.54, 1.807) is 14.2 Å². The molecule has 2 N–H and O–H groups in total. The van der Waals surface area contributed by atoms with Gasteiger partial charge in [0.05, 0.1) is 13.2 Å². The van der Waals surface area contributed by atoms with Gasteiger partial charge in [0.25, 0.3) is 0 Å². The van der Waals surface area contributed by atoms with E-state index >= 15 is 0 Å². The molecule has 112 valence electrons. The molecule has 2 aromatic rings. The zero-order chi connectivity index (χ0) is 14.8. The van der Waals surface area contributed by atoms with E-state index in [4.69, 9.17) is 15.2 Å². The van der Waals surface area contributed by atoms with Crippen LogP contribution in [0.4, 0.5) is 0 Å². The van der Waals surface area contributed by atoms with Crippen molar-refractivity contribution in [1.82, 2.24) is 0 Å². The Morgan fingerprint density at radius 3 is 2.67 bits per heavy atom. The molecule has 0 saturated carbocycles. The Balaban J connectivity index is 2.22. The Bertz CT molecular complexity index is 638. The standard InChI is InChI=1S/C18H23NO2/c1-20-14-6-3-12-4-7-15-17(21-2)8-5-13(9-10-19)18(15)16(12)11-14/h3-4,6-7,11,13,17H,5,8-10,19H2,1-2H3. The highest BCUT2D eigenvalue weighted by molar-refractivity contribution is 5.89. The van der Waals surface area contributed by atoms with E-state index in [1.807, 2.05) is 6.07 Å². The van der Waals surface area contributed by atoms with Crippen LogP contribution in [0.25, 0.3) is 10.8 Å². The van der Waals surface area contributed by atoms with E-state index in [1.165, 1.54) is 21.9 Å². The molecule has 2 aromatic carbocycles. The van der Waals surface area contributed by atoms with Crippen LogP contribution >= 0.6 is 0 Å². The molecule has 1 aliphatic carbocycles. The van der Waals surface area contributed by atoms with E-state index in [-0.39, 0.29) is 6.10 Å². The molecule has 21 heavy (non-hydrogen) atoms. The van der Waals surface area contributed by atoms with Crippen LogP contribution in [0.2, 0.25) is 0 Å². The summed E-state index contributed by atoms with van der Waals surface area (Å²) in [5.41, 5.74) is 8.56. The van der Waals surface area contributed by atoms with Crippen molar-refractivity contribution in [2.24, 2.45) is 5.73 Å². The van der Waals surface area contributed by atoms with E-state index in [0.717, 1.165) is 31.6 Å². The molecule has 0 radical (unpaired) electrons. The summed E-state index contributed by atoms with van der Waals surface area (Å²) in [6.45, 7) is 0.724. The lowest BCUT2D eigenvalue weighted by molar-refractivity contribution is 0.0841. The zero-order valence-electron chi connectivity index (χ0n) is 12.8. The van der Waals surface area contributed by atoms with Crippen LogP contribution in [0, 0.1) is 0 Å². The van der Waals surface area contributed by atoms with Crippen molar-refractivity contribution in [2.45, 2.75) is 31.3 Å². The minimum absolute atomic E-state index is 0.199. The minimum atomic E-state index is 0.199. The van der Waals surface area contributed by atoms with Gasteiger partial charge in [0.1, 0.15) is 5.75 Å². The van der Waals surface area contributed by atoms with Crippen LogP contribution in [-0.4, -0.2) is 20.8 Å². The molecule has 3 nitrogen and oxygen atoms in total. The summed E-state index contributed by atoms with van der Waals surface area (Å²) >= 11 is 0. The Hall–Kier alpha value is -1.58. The quantitative estimate of drug-likeness (QED) is 0.930. The summed E-state index contributed by atoms with van der Waals surface area (Å²) in [5, 5.41) is 2.54. The summed E-state index contributed by atoms with van der Waals surface area (Å²) in [4.78, 5) is 0. The highest BCUT2D eigenvalue weighted by Crippen LogP contribution is 2.44. The average Bonchev–Trinajstić information content (AvgIpc) is 2.54. The summed E-state index contributed by atoms with van der Waals surface area (Å²) in [6.07, 6.45) is 3.44. The van der Waals surface area contributed by atoms with Crippen molar-refractivity contribution < 1.29 is 9.47 Å². The molecule has 0 fully saturated rings. The number of nitrogens with two attached hydrogens (primary N) is 1. The maximum absolute atomic E-state index is 5.83. The van der Waals surface area contributed by atoms with Crippen molar-refractivity contribution in [3.8, 4) is 5.75 Å². The van der Waals surface area contributed by atoms with Crippen LogP contribution in [0.1, 0.15) is 42.4 Å². The molecule has 1 aliphatic rings. The Morgan fingerprint density at radius 2 is 1.95 bits per heavy atom. The van der Waals surface area contributed by atoms with Gasteiger partial charge in [-0.25, -0.2) is 0 Å². The molecular formula is C18H23NO2. The largest absolute Gasteiger partial charge is 0.497 e. The Kier molecular flexibility index (Phi) is 4.13. The number of rotatable bonds is 4. The van der Waals surface area contributed by atoms with Gasteiger partial charge in [0, 0.05) is 7.11 Å². The fraction of sp³-hybridized carbons (Fsp3) is 0.444. The molecule has 3 rings (SSSR count). The van der Waals surface area contributed by atoms with E-state index in [2.05, 4.69) is 24.3 Å². The van der Waals surface area contributed by atoms with E-state index < -0.39 is 0 Å². The molecule has 0 bridgehead atoms. The molecule has 0 aromatic heterocycles. The fourth-order valence-electron chi connectivity index (χ4n) is 3.59. The normalized spacial score (nSPS) is 21.3. The molecule has 0 amide bonds. The number of methoxy groups -OCH3 is 2. The Morgan fingerprint density at radius 1 is 1.14 bits per heavy atom. The van der Waals surface area contributed by atoms with Gasteiger partial charge in [-0.15, -0.1) is 0 Å². The predicted octanol–water partition coefficient (Wildman–Crippen LogP) is 3.76. The molecule has 2 atom stereocenters. The molecule has 2 unspecified atom stereocenters. The molecule has 0 aliphatic heterocycles. The van der Waals surface area contributed by atoms with Gasteiger partial charge < -0.3 is 15.2 Å². The lowest BCUT2D eigenvalue weighted by Crippen LogP contribution is -2.18. The van der Waals surface area contributed by atoms with Gasteiger partial charge in [0.15, 0.2) is 0 Å². The minimum Gasteiger partial charge on any atom is -0.497 e. The molecule has 0 spiro atoms. The van der Waals surface area contributed by atoms with Crippen molar-refractivity contribution in [2.75, 3.05) is 20.8 Å². The van der Waals surface area contributed by atoms with Crippen molar-refractivity contribution in [3.63, 3.8) is 0 Å². The van der Waals surface area contributed by atoms with Gasteiger partial charge in [-0.2, -0.15) is 0 Å². The first-order chi connectivity index (χ1) is 10.3. The lowest BCUT2D eigenvalue weighted by atomic mass is 9.77. The van der Waals surface area contributed by atoms with Gasteiger partial charge in [-0.05, 0) is 65.8 Å². The van der Waals surface area contributed by atoms with Gasteiger partial charge in [-0.1, -0.05) is 18.2 Å². The first kappa shape index (κ1) is 14.4. The van der Waals surface area contributed by atoms with Gasteiger partial charge in [0.2, 0.25) is 0 Å². The lowest BCUT2D eigenvalue weighted by Gasteiger charge is -2.32. The second-order valence-electron chi connectivity index (χ2n) is 5.73. The monoisotopic (exact) mass is 285 g/mol. The third kappa shape index (κ3) is 2.52. The molecule has 0 saturated heterocycles. The van der Waals surface area contributed by atoms with Gasteiger partial charge >= 0.3 is 0 Å². The van der Waals surface area contributed by atoms with Crippen molar-refractivity contribution >= 4 is 10.8 Å². The zero-order valence-corrected chi connectivity index (χ0v) is 12.8. The van der Waals surface area contributed by atoms with E-state index in [0.29, 0.717) is 5.92 Å². The first-order valence-corrected chi connectivity index (χ1v) is 7.62. The first-order valence-electron chi connectivity index (χ1n) is 7.62. The summed E-state index contributed by atoms with van der Waals surface area (Å²) in [5.74, 6) is 1.43. The van der Waals surface area contributed by atoms with Crippen molar-refractivity contribution in [3.05, 3.63) is 41.5 Å². The van der Waals surface area contributed by atoms with Crippen molar-refractivity contribution in [1.29, 1.82) is 0 Å². The maximum atomic E-state index is 5.83. The second kappa shape index (κ2) is 6.04. The van der Waals surface area contributed by atoms with Gasteiger partial charge in [-0.3, -0.25) is 0 Å². The molecule has 3 heteroatoms. The Labute approximate surface area is 126 Å². The third-order valence-corrected chi connectivity index (χ3v) is 4.64. The molecule has 0 heterocycles. The third-order valence-electron chi connectivity index (χ3n) is 4.64. The predicted molar refractivity (Wildman–Crippen MR) is 85.9 cm³/mol. The van der Waals surface area contributed by atoms with Crippen LogP contribution in [-0.2, 0) is 4.74 Å². The highest BCUT2D eigenvalue weighted by Gasteiger charge is 2.28. The van der Waals surface area contributed by atoms with Crippen LogP contribution in [0.3, 0.4) is 0 Å². The summed E-state index contributed by atoms with van der Waals surface area (Å²) < 4.78 is 11.1. The average molecular weight is 285 g/mol. The summed E-state index contributed by atoms with van der Waals surface area (Å²) in [6, 6.07) is 10.7. The van der Waals surface area contributed by atoms with Crippen LogP contribution < -0.4 is 10.5 Å². The number of hydrogen-bond donors (Lipinski definition) is 1. The highest BCUT2D eigenvalue weighted by atomic mass is 16.5. The second-order valence-corrected chi connectivity index (χ2v) is 5.73. The van der Waals surface area contributed by atoms with Crippen LogP contribution in [0.5, 0.6) is 5.75 Å². The van der Waals surface area contributed by atoms with Crippen LogP contribution in [0.15, 0.2) is 30.3 Å². The number of fused-ring (bicyclic) bond motifs is 3. The summed E-state index contributed by atoms with van der Waals surface area (Å²) in [7, 11) is 3.51. The van der Waals surface area contributed by atoms with E-state index in [9.17, 15) is 0 Å². The smallest absolute Gasteiger partial charge is 0.119 e. The number of benzene rings is 2. The maximum Gasteiger partial charge on any atom is 0.119 e. The number of hydrogen-bond acceptors (Lipinski definition) is 3. The fourth-order valence-corrected chi connectivity index (χ4v) is 3.59.